The van der Waals surface area contributed by atoms with E-state index in [9.17, 15) is 4.79 Å². The maximum Gasteiger partial charge on any atom is 0.290 e. The van der Waals surface area contributed by atoms with Gasteiger partial charge in [0.15, 0.2) is 0 Å². The van der Waals surface area contributed by atoms with Gasteiger partial charge in [-0.25, -0.2) is 0 Å². The van der Waals surface area contributed by atoms with E-state index in [-0.39, 0.29) is 5.56 Å². The molecule has 2 heterocycles. The van der Waals surface area contributed by atoms with Crippen molar-refractivity contribution in [3.63, 3.8) is 0 Å². The van der Waals surface area contributed by atoms with E-state index in [4.69, 9.17) is 4.84 Å². The number of piperazine rings is 1. The smallest absolute Gasteiger partial charge is 0.290 e. The first-order valence-electron chi connectivity index (χ1n) is 7.01. The van der Waals surface area contributed by atoms with Gasteiger partial charge >= 0.3 is 0 Å². The van der Waals surface area contributed by atoms with Gasteiger partial charge in [-0.15, -0.1) is 0 Å². The summed E-state index contributed by atoms with van der Waals surface area (Å²) in [4.78, 5) is 20.2. The average Bonchev–Trinajstić information content (AvgIpc) is 2.51. The summed E-state index contributed by atoms with van der Waals surface area (Å²) in [7, 11) is 0. The fourth-order valence-electron chi connectivity index (χ4n) is 2.48. The molecule has 0 bridgehead atoms. The van der Waals surface area contributed by atoms with Crippen molar-refractivity contribution < 1.29 is 4.84 Å². The molecular formula is C15H19N3O2. The number of pyridine rings is 1. The molecule has 0 unspecified atom stereocenters. The summed E-state index contributed by atoms with van der Waals surface area (Å²) < 4.78 is 1.34. The molecule has 1 aromatic carbocycles. The van der Waals surface area contributed by atoms with Crippen LogP contribution in [0.15, 0.2) is 41.3 Å². The second-order valence-electron chi connectivity index (χ2n) is 4.96. The topological polar surface area (TPSA) is 46.5 Å². The Morgan fingerprint density at radius 1 is 1.15 bits per heavy atom. The van der Waals surface area contributed by atoms with Crippen LogP contribution in [0.25, 0.3) is 10.8 Å². The molecule has 2 aromatic rings. The number of nitrogens with zero attached hydrogens (tertiary/aromatic N) is 2. The number of rotatable bonds is 4. The van der Waals surface area contributed by atoms with Crippen LogP contribution in [0, 0.1) is 0 Å². The van der Waals surface area contributed by atoms with Gasteiger partial charge in [0, 0.05) is 38.9 Å². The van der Waals surface area contributed by atoms with Crippen molar-refractivity contribution in [3.05, 3.63) is 46.9 Å². The average molecular weight is 273 g/mol. The van der Waals surface area contributed by atoms with Crippen molar-refractivity contribution >= 4 is 10.8 Å². The van der Waals surface area contributed by atoms with Crippen LogP contribution in [-0.4, -0.2) is 49.0 Å². The van der Waals surface area contributed by atoms with Crippen LogP contribution >= 0.6 is 0 Å². The van der Waals surface area contributed by atoms with Crippen LogP contribution in [0.5, 0.6) is 0 Å². The minimum absolute atomic E-state index is 0.0941. The summed E-state index contributed by atoms with van der Waals surface area (Å²) >= 11 is 0. The molecule has 5 nitrogen and oxygen atoms in total. The van der Waals surface area contributed by atoms with Crippen molar-refractivity contribution in [2.75, 3.05) is 39.3 Å². The molecule has 3 rings (SSSR count). The minimum Gasteiger partial charge on any atom is -0.409 e. The minimum atomic E-state index is -0.0941. The lowest BCUT2D eigenvalue weighted by molar-refractivity contribution is 0.0769. The first-order chi connectivity index (χ1) is 9.84. The number of hydrogen-bond acceptors (Lipinski definition) is 4. The third kappa shape index (κ3) is 2.84. The molecule has 106 valence electrons. The Labute approximate surface area is 117 Å². The lowest BCUT2D eigenvalue weighted by Gasteiger charge is -2.26. The van der Waals surface area contributed by atoms with E-state index in [0.29, 0.717) is 12.0 Å². The fourth-order valence-corrected chi connectivity index (χ4v) is 2.48. The van der Waals surface area contributed by atoms with Gasteiger partial charge in [-0.3, -0.25) is 9.69 Å². The van der Waals surface area contributed by atoms with Crippen molar-refractivity contribution in [2.24, 2.45) is 0 Å². The molecule has 1 aliphatic rings. The molecule has 0 amide bonds. The predicted octanol–water partition coefficient (Wildman–Crippen LogP) is 0.335. The Balaban J connectivity index is 1.65. The van der Waals surface area contributed by atoms with E-state index in [0.717, 1.165) is 38.1 Å². The summed E-state index contributed by atoms with van der Waals surface area (Å²) in [6.45, 7) is 5.50. The lowest BCUT2D eigenvalue weighted by Crippen LogP contribution is -2.45. The molecule has 0 aliphatic carbocycles. The van der Waals surface area contributed by atoms with Gasteiger partial charge in [0.05, 0.1) is 5.39 Å². The molecular weight excluding hydrogens is 254 g/mol. The van der Waals surface area contributed by atoms with E-state index in [1.165, 1.54) is 4.73 Å². The molecule has 1 aromatic heterocycles. The molecule has 1 fully saturated rings. The Morgan fingerprint density at radius 3 is 2.80 bits per heavy atom. The molecule has 0 radical (unpaired) electrons. The number of hydrogen-bond donors (Lipinski definition) is 1. The van der Waals surface area contributed by atoms with Crippen LogP contribution in [0.4, 0.5) is 0 Å². The van der Waals surface area contributed by atoms with E-state index in [2.05, 4.69) is 10.2 Å². The lowest BCUT2D eigenvalue weighted by atomic mass is 10.2. The highest BCUT2D eigenvalue weighted by Gasteiger charge is 2.09. The third-order valence-electron chi connectivity index (χ3n) is 3.63. The summed E-state index contributed by atoms with van der Waals surface area (Å²) in [5.74, 6) is 0. The molecule has 1 saturated heterocycles. The number of aromatic nitrogens is 1. The summed E-state index contributed by atoms with van der Waals surface area (Å²) in [5.41, 5.74) is -0.0941. The first-order valence-corrected chi connectivity index (χ1v) is 7.01. The van der Waals surface area contributed by atoms with Crippen molar-refractivity contribution in [3.8, 4) is 0 Å². The SMILES string of the molecule is O=c1c2ccccc2ccn1OCCN1CCNCC1. The van der Waals surface area contributed by atoms with E-state index >= 15 is 0 Å². The molecule has 20 heavy (non-hydrogen) atoms. The highest BCUT2D eigenvalue weighted by atomic mass is 16.7. The zero-order valence-corrected chi connectivity index (χ0v) is 11.4. The van der Waals surface area contributed by atoms with Crippen LogP contribution in [0.3, 0.4) is 0 Å². The predicted molar refractivity (Wildman–Crippen MR) is 79.0 cm³/mol. The van der Waals surface area contributed by atoms with Crippen molar-refractivity contribution in [1.29, 1.82) is 0 Å². The standard InChI is InChI=1S/C15H19N3O2/c19-15-14-4-2-1-3-13(14)5-8-18(15)20-12-11-17-9-6-16-7-10-17/h1-5,8,16H,6-7,9-12H2. The Kier molecular flexibility index (Phi) is 3.99. The van der Waals surface area contributed by atoms with Crippen LogP contribution in [0.2, 0.25) is 0 Å². The zero-order chi connectivity index (χ0) is 13.8. The van der Waals surface area contributed by atoms with E-state index in [1.807, 2.05) is 30.3 Å². The highest BCUT2D eigenvalue weighted by molar-refractivity contribution is 5.80. The molecule has 0 atom stereocenters. The van der Waals surface area contributed by atoms with Crippen LogP contribution in [0.1, 0.15) is 0 Å². The second-order valence-corrected chi connectivity index (χ2v) is 4.96. The van der Waals surface area contributed by atoms with Crippen LogP contribution in [-0.2, 0) is 0 Å². The normalized spacial score (nSPS) is 16.4. The van der Waals surface area contributed by atoms with Crippen molar-refractivity contribution in [2.45, 2.75) is 0 Å². The van der Waals surface area contributed by atoms with Gasteiger partial charge in [-0.05, 0) is 17.5 Å². The van der Waals surface area contributed by atoms with Gasteiger partial charge in [-0.1, -0.05) is 18.2 Å². The monoisotopic (exact) mass is 273 g/mol. The van der Waals surface area contributed by atoms with Crippen LogP contribution < -0.4 is 15.7 Å². The number of nitrogens with one attached hydrogen (secondary N) is 1. The maximum absolute atomic E-state index is 12.2. The maximum atomic E-state index is 12.2. The number of fused-ring (bicyclic) bond motifs is 1. The largest absolute Gasteiger partial charge is 0.409 e. The second kappa shape index (κ2) is 6.07. The van der Waals surface area contributed by atoms with E-state index in [1.54, 1.807) is 6.20 Å². The fraction of sp³-hybridized carbons (Fsp3) is 0.400. The Hall–Kier alpha value is -1.85. The molecule has 1 aliphatic heterocycles. The van der Waals surface area contributed by atoms with Gasteiger partial charge in [0.1, 0.15) is 6.61 Å². The quantitative estimate of drug-likeness (QED) is 0.872. The summed E-state index contributed by atoms with van der Waals surface area (Å²) in [6, 6.07) is 9.46. The third-order valence-corrected chi connectivity index (χ3v) is 3.63. The zero-order valence-electron chi connectivity index (χ0n) is 11.4. The van der Waals surface area contributed by atoms with Crippen molar-refractivity contribution in [1.82, 2.24) is 14.9 Å². The molecule has 0 spiro atoms. The molecule has 0 saturated carbocycles. The summed E-state index contributed by atoms with van der Waals surface area (Å²) in [5, 5.41) is 4.95. The Bertz CT molecular complexity index is 632. The van der Waals surface area contributed by atoms with E-state index < -0.39 is 0 Å². The Morgan fingerprint density at radius 2 is 1.95 bits per heavy atom. The van der Waals surface area contributed by atoms with Gasteiger partial charge < -0.3 is 10.2 Å². The number of benzene rings is 1. The van der Waals surface area contributed by atoms with Gasteiger partial charge in [0.2, 0.25) is 0 Å². The first kappa shape index (κ1) is 13.1. The van der Waals surface area contributed by atoms with Gasteiger partial charge in [-0.2, -0.15) is 4.73 Å². The van der Waals surface area contributed by atoms with Gasteiger partial charge in [0.25, 0.3) is 5.56 Å². The summed E-state index contributed by atoms with van der Waals surface area (Å²) in [6.07, 6.45) is 1.70. The molecule has 1 N–H and O–H groups in total. The highest BCUT2D eigenvalue weighted by Crippen LogP contribution is 2.07. The molecule has 5 heteroatoms.